The van der Waals surface area contributed by atoms with Crippen molar-refractivity contribution >= 4 is 60.5 Å². The summed E-state index contributed by atoms with van der Waals surface area (Å²) in [7, 11) is 0. The van der Waals surface area contributed by atoms with Gasteiger partial charge in [0.25, 0.3) is 0 Å². The van der Waals surface area contributed by atoms with Gasteiger partial charge >= 0.3 is 0 Å². The van der Waals surface area contributed by atoms with Crippen LogP contribution in [-0.2, 0) is 5.41 Å². The normalized spacial score (nSPS) is 12.9. The van der Waals surface area contributed by atoms with Gasteiger partial charge in [0, 0.05) is 33.0 Å². The highest BCUT2D eigenvalue weighted by Gasteiger charge is 2.38. The minimum Gasteiger partial charge on any atom is -0.456 e. The highest BCUT2D eigenvalue weighted by molar-refractivity contribution is 6.11. The highest BCUT2D eigenvalue weighted by Crippen LogP contribution is 2.55. The fourth-order valence-corrected chi connectivity index (χ4v) is 9.99. The van der Waals surface area contributed by atoms with Crippen molar-refractivity contribution < 1.29 is 4.42 Å². The van der Waals surface area contributed by atoms with Crippen molar-refractivity contribution in [2.24, 2.45) is 0 Å². The zero-order valence-electron chi connectivity index (χ0n) is 34.1. The van der Waals surface area contributed by atoms with Crippen molar-refractivity contribution in [3.8, 4) is 44.5 Å². The fraction of sp³-hybridized carbons (Fsp3) is 0.0508. The molecular weight excluding hydrogens is 739 g/mol. The van der Waals surface area contributed by atoms with E-state index >= 15 is 0 Å². The molecule has 0 saturated heterocycles. The maximum absolute atomic E-state index is 6.45. The van der Waals surface area contributed by atoms with Gasteiger partial charge in [-0.15, -0.1) is 0 Å². The van der Waals surface area contributed by atoms with E-state index in [9.17, 15) is 0 Å². The molecule has 0 unspecified atom stereocenters. The monoisotopic (exact) mass is 779 g/mol. The third-order valence-electron chi connectivity index (χ3n) is 13.1. The maximum atomic E-state index is 6.45. The SMILES string of the molecule is CC1(C)c2ccccc2-c2c(N(c3ccc(-c4ccc(-c5cccc6ccccc56)cc4)cc3)c3ccccc3-c3ccc4oc5cc6ccccc6cc5c4c3)cccc21. The zero-order chi connectivity index (χ0) is 40.7. The molecule has 10 aromatic carbocycles. The van der Waals surface area contributed by atoms with Crippen LogP contribution in [0.15, 0.2) is 217 Å². The van der Waals surface area contributed by atoms with Gasteiger partial charge in [-0.1, -0.05) is 178 Å². The van der Waals surface area contributed by atoms with Gasteiger partial charge in [0.05, 0.1) is 11.4 Å². The second kappa shape index (κ2) is 13.7. The molecule has 0 fully saturated rings. The van der Waals surface area contributed by atoms with E-state index < -0.39 is 0 Å². The predicted octanol–water partition coefficient (Wildman–Crippen LogP) is 16.7. The third kappa shape index (κ3) is 5.64. The van der Waals surface area contributed by atoms with Crippen LogP contribution in [0.2, 0.25) is 0 Å². The molecule has 0 spiro atoms. The Hall–Kier alpha value is -7.68. The number of furan rings is 1. The number of para-hydroxylation sites is 1. The summed E-state index contributed by atoms with van der Waals surface area (Å²) < 4.78 is 6.45. The number of benzene rings is 10. The smallest absolute Gasteiger partial charge is 0.136 e. The van der Waals surface area contributed by atoms with Crippen LogP contribution >= 0.6 is 0 Å². The molecule has 12 rings (SSSR count). The summed E-state index contributed by atoms with van der Waals surface area (Å²) in [4.78, 5) is 2.48. The molecule has 11 aromatic rings. The summed E-state index contributed by atoms with van der Waals surface area (Å²) in [5.74, 6) is 0. The molecule has 0 amide bonds. The van der Waals surface area contributed by atoms with Crippen LogP contribution in [0.25, 0.3) is 88.0 Å². The molecule has 1 heterocycles. The lowest BCUT2D eigenvalue weighted by Crippen LogP contribution is -2.16. The zero-order valence-corrected chi connectivity index (χ0v) is 34.1. The largest absolute Gasteiger partial charge is 0.456 e. The quantitative estimate of drug-likeness (QED) is 0.167. The Balaban J connectivity index is 1.00. The van der Waals surface area contributed by atoms with E-state index in [1.165, 1.54) is 66.1 Å². The fourth-order valence-electron chi connectivity index (χ4n) is 9.99. The van der Waals surface area contributed by atoms with Crippen molar-refractivity contribution in [2.45, 2.75) is 19.3 Å². The summed E-state index contributed by atoms with van der Waals surface area (Å²) in [5, 5.41) is 7.16. The first-order valence-corrected chi connectivity index (χ1v) is 21.2. The van der Waals surface area contributed by atoms with Gasteiger partial charge < -0.3 is 9.32 Å². The first-order valence-electron chi connectivity index (χ1n) is 21.2. The minimum atomic E-state index is -0.132. The van der Waals surface area contributed by atoms with Crippen molar-refractivity contribution in [1.82, 2.24) is 0 Å². The average Bonchev–Trinajstić information content (AvgIpc) is 3.79. The van der Waals surface area contributed by atoms with Crippen LogP contribution in [0.4, 0.5) is 17.1 Å². The Morgan fingerprint density at radius 2 is 0.918 bits per heavy atom. The molecule has 0 aliphatic heterocycles. The van der Waals surface area contributed by atoms with Gasteiger partial charge in [-0.3, -0.25) is 0 Å². The van der Waals surface area contributed by atoms with Gasteiger partial charge in [0.1, 0.15) is 11.2 Å². The molecule has 0 radical (unpaired) electrons. The van der Waals surface area contributed by atoms with E-state index in [4.69, 9.17) is 4.42 Å². The van der Waals surface area contributed by atoms with Crippen LogP contribution in [0.1, 0.15) is 25.0 Å². The number of hydrogen-bond acceptors (Lipinski definition) is 2. The molecule has 1 aliphatic carbocycles. The Labute approximate surface area is 355 Å². The van der Waals surface area contributed by atoms with E-state index in [1.54, 1.807) is 0 Å². The van der Waals surface area contributed by atoms with E-state index in [-0.39, 0.29) is 5.41 Å². The average molecular weight is 780 g/mol. The van der Waals surface area contributed by atoms with Crippen molar-refractivity contribution in [2.75, 3.05) is 4.90 Å². The van der Waals surface area contributed by atoms with E-state index in [0.717, 1.165) is 50.1 Å². The number of nitrogens with zero attached hydrogens (tertiary/aromatic N) is 1. The summed E-state index contributed by atoms with van der Waals surface area (Å²) in [6.45, 7) is 4.71. The molecular formula is C59H41NO. The van der Waals surface area contributed by atoms with Crippen LogP contribution in [0.5, 0.6) is 0 Å². The van der Waals surface area contributed by atoms with Gasteiger partial charge in [-0.2, -0.15) is 0 Å². The summed E-state index contributed by atoms with van der Waals surface area (Å²) in [6.07, 6.45) is 0. The Morgan fingerprint density at radius 1 is 0.361 bits per heavy atom. The first-order chi connectivity index (χ1) is 30.0. The molecule has 0 atom stereocenters. The van der Waals surface area contributed by atoms with E-state index in [1.807, 2.05) is 0 Å². The molecule has 0 bridgehead atoms. The van der Waals surface area contributed by atoms with Crippen LogP contribution in [0, 0.1) is 0 Å². The molecule has 2 nitrogen and oxygen atoms in total. The Kier molecular flexibility index (Phi) is 7.92. The summed E-state index contributed by atoms with van der Waals surface area (Å²) in [5.41, 5.74) is 17.4. The number of rotatable bonds is 6. The third-order valence-corrected chi connectivity index (χ3v) is 13.1. The van der Waals surface area contributed by atoms with Crippen LogP contribution < -0.4 is 4.90 Å². The van der Waals surface area contributed by atoms with E-state index in [2.05, 4.69) is 231 Å². The van der Waals surface area contributed by atoms with Crippen LogP contribution in [0.3, 0.4) is 0 Å². The molecule has 1 aliphatic rings. The Morgan fingerprint density at radius 3 is 1.74 bits per heavy atom. The molecule has 2 heteroatoms. The standard InChI is InChI=1S/C59H41NO/c1-59(2)52-21-9-7-19-49(52)58-53(59)22-12-24-55(58)60(45-32-29-39(30-33-45)38-25-27-41(28-26-38)47-20-11-16-40-13-5-6-17-46(40)47)54-23-10-8-18-48(54)44-31-34-56-50(36-44)51-35-42-14-3-4-15-43(42)37-57(51)61-56/h3-37H,1-2H3. The number of hydrogen-bond donors (Lipinski definition) is 0. The number of anilines is 3. The second-order valence-corrected chi connectivity index (χ2v) is 16.9. The van der Waals surface area contributed by atoms with Gasteiger partial charge in [0.15, 0.2) is 0 Å². The lowest BCUT2D eigenvalue weighted by molar-refractivity contribution is 0.660. The lowest BCUT2D eigenvalue weighted by atomic mass is 9.82. The van der Waals surface area contributed by atoms with Gasteiger partial charge in [0.2, 0.25) is 0 Å². The molecule has 0 N–H and O–H groups in total. The second-order valence-electron chi connectivity index (χ2n) is 16.9. The summed E-state index contributed by atoms with van der Waals surface area (Å²) in [6, 6.07) is 77.5. The summed E-state index contributed by atoms with van der Waals surface area (Å²) >= 11 is 0. The molecule has 288 valence electrons. The van der Waals surface area contributed by atoms with Crippen LogP contribution in [-0.4, -0.2) is 0 Å². The molecule has 61 heavy (non-hydrogen) atoms. The van der Waals surface area contributed by atoms with Gasteiger partial charge in [-0.05, 0) is 115 Å². The molecule has 0 saturated carbocycles. The Bertz CT molecular complexity index is 3490. The number of fused-ring (bicyclic) bond motifs is 8. The van der Waals surface area contributed by atoms with E-state index in [0.29, 0.717) is 0 Å². The topological polar surface area (TPSA) is 16.4 Å². The highest BCUT2D eigenvalue weighted by atomic mass is 16.3. The van der Waals surface area contributed by atoms with Gasteiger partial charge in [-0.25, -0.2) is 0 Å². The van der Waals surface area contributed by atoms with Crippen molar-refractivity contribution in [1.29, 1.82) is 0 Å². The van der Waals surface area contributed by atoms with Crippen molar-refractivity contribution in [3.63, 3.8) is 0 Å². The first kappa shape index (κ1) is 35.3. The minimum absolute atomic E-state index is 0.132. The van der Waals surface area contributed by atoms with Crippen molar-refractivity contribution in [3.05, 3.63) is 223 Å². The lowest BCUT2D eigenvalue weighted by Gasteiger charge is -2.30. The maximum Gasteiger partial charge on any atom is 0.136 e. The predicted molar refractivity (Wildman–Crippen MR) is 257 cm³/mol. The molecule has 1 aromatic heterocycles.